The normalized spacial score (nSPS) is 10.7. The summed E-state index contributed by atoms with van der Waals surface area (Å²) >= 11 is 1.81. The molecule has 1 heterocycles. The molecule has 0 bridgehead atoms. The number of aryl methyl sites for hydroxylation is 1. The summed E-state index contributed by atoms with van der Waals surface area (Å²) in [7, 11) is 0. The number of rotatable bonds is 7. The largest absolute Gasteiger partial charge is 0.380 e. The predicted octanol–water partition coefficient (Wildman–Crippen LogP) is 2.57. The van der Waals surface area contributed by atoms with Gasteiger partial charge in [-0.05, 0) is 30.4 Å². The number of hydrogen-bond acceptors (Lipinski definition) is 3. The molecule has 1 rings (SSSR count). The highest BCUT2D eigenvalue weighted by atomic mass is 32.1. The molecule has 0 aliphatic heterocycles. The Morgan fingerprint density at radius 3 is 2.93 bits per heavy atom. The van der Waals surface area contributed by atoms with Gasteiger partial charge in [-0.3, -0.25) is 0 Å². The van der Waals surface area contributed by atoms with Crippen molar-refractivity contribution in [3.05, 3.63) is 21.9 Å². The van der Waals surface area contributed by atoms with Crippen LogP contribution in [-0.2, 0) is 11.3 Å². The molecule has 1 aromatic rings. The zero-order valence-corrected chi connectivity index (χ0v) is 9.82. The van der Waals surface area contributed by atoms with Crippen LogP contribution in [0.2, 0.25) is 0 Å². The van der Waals surface area contributed by atoms with Crippen LogP contribution in [0.5, 0.6) is 0 Å². The Hall–Kier alpha value is -0.380. The second-order valence-corrected chi connectivity index (χ2v) is 4.32. The van der Waals surface area contributed by atoms with Crippen molar-refractivity contribution in [2.24, 2.45) is 0 Å². The van der Waals surface area contributed by atoms with Gasteiger partial charge in [-0.2, -0.15) is 0 Å². The third-order valence-electron chi connectivity index (χ3n) is 2.03. The van der Waals surface area contributed by atoms with Gasteiger partial charge in [0.15, 0.2) is 0 Å². The highest BCUT2D eigenvalue weighted by Gasteiger charge is 1.97. The van der Waals surface area contributed by atoms with Gasteiger partial charge in [0.1, 0.15) is 0 Å². The van der Waals surface area contributed by atoms with Crippen LogP contribution in [-0.4, -0.2) is 19.8 Å². The van der Waals surface area contributed by atoms with Gasteiger partial charge in [-0.15, -0.1) is 11.3 Å². The van der Waals surface area contributed by atoms with Crippen LogP contribution in [0.1, 0.15) is 23.8 Å². The third kappa shape index (κ3) is 4.22. The Morgan fingerprint density at radius 2 is 2.29 bits per heavy atom. The molecule has 80 valence electrons. The minimum absolute atomic E-state index is 0.818. The fraction of sp³-hybridized carbons (Fsp3) is 0.636. The van der Waals surface area contributed by atoms with Crippen molar-refractivity contribution in [3.8, 4) is 0 Å². The fourth-order valence-electron chi connectivity index (χ4n) is 1.18. The molecule has 3 heteroatoms. The van der Waals surface area contributed by atoms with Crippen molar-refractivity contribution in [2.75, 3.05) is 19.8 Å². The van der Waals surface area contributed by atoms with Crippen LogP contribution in [0.15, 0.2) is 11.4 Å². The first-order valence-corrected chi connectivity index (χ1v) is 6.04. The van der Waals surface area contributed by atoms with Crippen LogP contribution in [0.4, 0.5) is 0 Å². The lowest BCUT2D eigenvalue weighted by molar-refractivity contribution is 0.136. The molecule has 0 aromatic carbocycles. The molecule has 0 saturated carbocycles. The number of nitrogens with one attached hydrogen (secondary N) is 1. The van der Waals surface area contributed by atoms with Crippen molar-refractivity contribution >= 4 is 11.3 Å². The van der Waals surface area contributed by atoms with Crippen LogP contribution in [0.25, 0.3) is 0 Å². The van der Waals surface area contributed by atoms with Crippen molar-refractivity contribution in [1.82, 2.24) is 5.32 Å². The number of hydrogen-bond donors (Lipinski definition) is 1. The summed E-state index contributed by atoms with van der Waals surface area (Å²) in [6.07, 6.45) is 1.10. The van der Waals surface area contributed by atoms with E-state index >= 15 is 0 Å². The topological polar surface area (TPSA) is 21.3 Å². The summed E-state index contributed by atoms with van der Waals surface area (Å²) in [4.78, 5) is 1.43. The van der Waals surface area contributed by atoms with E-state index in [1.807, 2.05) is 11.3 Å². The molecule has 0 aliphatic carbocycles. The molecule has 2 nitrogen and oxygen atoms in total. The van der Waals surface area contributed by atoms with Crippen molar-refractivity contribution in [3.63, 3.8) is 0 Å². The van der Waals surface area contributed by atoms with Gasteiger partial charge < -0.3 is 10.1 Å². The summed E-state index contributed by atoms with van der Waals surface area (Å²) in [6, 6.07) is 2.16. The molecule has 0 unspecified atom stereocenters. The number of thiophene rings is 1. The maximum Gasteiger partial charge on any atom is 0.0591 e. The summed E-state index contributed by atoms with van der Waals surface area (Å²) < 4.78 is 5.37. The SMILES string of the molecule is CCCOCCNCc1sccc1C. The maximum absolute atomic E-state index is 5.37. The molecular formula is C11H19NOS. The zero-order valence-electron chi connectivity index (χ0n) is 9.01. The molecule has 0 amide bonds. The second kappa shape index (κ2) is 6.98. The van der Waals surface area contributed by atoms with Crippen LogP contribution in [0, 0.1) is 6.92 Å². The summed E-state index contributed by atoms with van der Waals surface area (Å²) in [6.45, 7) is 7.89. The average Bonchev–Trinajstić information content (AvgIpc) is 2.58. The number of ether oxygens (including phenoxy) is 1. The molecule has 0 radical (unpaired) electrons. The van der Waals surface area contributed by atoms with Gasteiger partial charge in [0.2, 0.25) is 0 Å². The smallest absolute Gasteiger partial charge is 0.0591 e. The van der Waals surface area contributed by atoms with E-state index < -0.39 is 0 Å². The lowest BCUT2D eigenvalue weighted by Crippen LogP contribution is -2.19. The van der Waals surface area contributed by atoms with E-state index in [1.165, 1.54) is 10.4 Å². The average molecular weight is 213 g/mol. The Balaban J connectivity index is 2.02. The van der Waals surface area contributed by atoms with Gasteiger partial charge in [0.25, 0.3) is 0 Å². The first kappa shape index (κ1) is 11.7. The zero-order chi connectivity index (χ0) is 10.2. The molecule has 1 N–H and O–H groups in total. The van der Waals surface area contributed by atoms with Crippen LogP contribution >= 0.6 is 11.3 Å². The summed E-state index contributed by atoms with van der Waals surface area (Å²) in [5.74, 6) is 0. The molecule has 1 aromatic heterocycles. The molecular weight excluding hydrogens is 194 g/mol. The van der Waals surface area contributed by atoms with Gasteiger partial charge in [-0.1, -0.05) is 6.92 Å². The minimum atomic E-state index is 0.818. The molecule has 0 spiro atoms. The van der Waals surface area contributed by atoms with E-state index in [4.69, 9.17) is 4.74 Å². The predicted molar refractivity (Wildman–Crippen MR) is 61.9 cm³/mol. The standard InChI is InChI=1S/C11H19NOS/c1-3-6-13-7-5-12-9-11-10(2)4-8-14-11/h4,8,12H,3,5-7,9H2,1-2H3. The molecule has 0 aliphatic rings. The maximum atomic E-state index is 5.37. The van der Waals surface area contributed by atoms with E-state index in [-0.39, 0.29) is 0 Å². The molecule has 0 atom stereocenters. The van der Waals surface area contributed by atoms with Crippen LogP contribution in [0.3, 0.4) is 0 Å². The molecule has 0 saturated heterocycles. The molecule has 0 fully saturated rings. The van der Waals surface area contributed by atoms with Gasteiger partial charge >= 0.3 is 0 Å². The lowest BCUT2D eigenvalue weighted by atomic mass is 10.3. The van der Waals surface area contributed by atoms with Crippen LogP contribution < -0.4 is 5.32 Å². The Bertz CT molecular complexity index is 247. The monoisotopic (exact) mass is 213 g/mol. The Labute approximate surface area is 90.3 Å². The highest BCUT2D eigenvalue weighted by Crippen LogP contribution is 2.14. The van der Waals surface area contributed by atoms with E-state index in [0.717, 1.165) is 32.7 Å². The van der Waals surface area contributed by atoms with Gasteiger partial charge in [0, 0.05) is 24.6 Å². The van der Waals surface area contributed by atoms with Crippen molar-refractivity contribution in [1.29, 1.82) is 0 Å². The highest BCUT2D eigenvalue weighted by molar-refractivity contribution is 7.10. The van der Waals surface area contributed by atoms with E-state index in [2.05, 4.69) is 30.6 Å². The first-order chi connectivity index (χ1) is 6.84. The Kier molecular flexibility index (Phi) is 5.83. The summed E-state index contributed by atoms with van der Waals surface area (Å²) in [5, 5.41) is 5.51. The Morgan fingerprint density at radius 1 is 1.43 bits per heavy atom. The van der Waals surface area contributed by atoms with Crippen molar-refractivity contribution < 1.29 is 4.74 Å². The van der Waals surface area contributed by atoms with Gasteiger partial charge in [0.05, 0.1) is 6.61 Å². The third-order valence-corrected chi connectivity index (χ3v) is 3.05. The second-order valence-electron chi connectivity index (χ2n) is 3.32. The van der Waals surface area contributed by atoms with Gasteiger partial charge in [-0.25, -0.2) is 0 Å². The fourth-order valence-corrected chi connectivity index (χ4v) is 2.05. The lowest BCUT2D eigenvalue weighted by Gasteiger charge is -2.04. The van der Waals surface area contributed by atoms with E-state index in [1.54, 1.807) is 0 Å². The van der Waals surface area contributed by atoms with E-state index in [0.29, 0.717) is 0 Å². The first-order valence-electron chi connectivity index (χ1n) is 5.16. The quantitative estimate of drug-likeness (QED) is 0.703. The summed E-state index contributed by atoms with van der Waals surface area (Å²) in [5.41, 5.74) is 1.39. The van der Waals surface area contributed by atoms with E-state index in [9.17, 15) is 0 Å². The molecule has 14 heavy (non-hydrogen) atoms. The van der Waals surface area contributed by atoms with Crippen molar-refractivity contribution in [2.45, 2.75) is 26.8 Å². The minimum Gasteiger partial charge on any atom is -0.380 e.